The van der Waals surface area contributed by atoms with Crippen LogP contribution in [0.3, 0.4) is 0 Å². The first-order chi connectivity index (χ1) is 9.58. The maximum Gasteiger partial charge on any atom is 0.105 e. The summed E-state index contributed by atoms with van der Waals surface area (Å²) in [5.74, 6) is 0.678. The average Bonchev–Trinajstić information content (AvgIpc) is 2.45. The molecular weight excluding hydrogens is 246 g/mol. The summed E-state index contributed by atoms with van der Waals surface area (Å²) in [5, 5.41) is 12.7. The zero-order valence-corrected chi connectivity index (χ0v) is 12.8. The average molecular weight is 271 g/mol. The summed E-state index contributed by atoms with van der Waals surface area (Å²) >= 11 is 0. The van der Waals surface area contributed by atoms with Crippen molar-refractivity contribution < 1.29 is 0 Å². The van der Waals surface area contributed by atoms with Gasteiger partial charge in [0.2, 0.25) is 0 Å². The van der Waals surface area contributed by atoms with Crippen LogP contribution in [0.2, 0.25) is 0 Å². The van der Waals surface area contributed by atoms with Crippen molar-refractivity contribution in [3.8, 4) is 6.07 Å². The van der Waals surface area contributed by atoms with Gasteiger partial charge in [0.05, 0.1) is 6.07 Å². The van der Waals surface area contributed by atoms with E-state index in [0.29, 0.717) is 5.92 Å². The summed E-state index contributed by atoms with van der Waals surface area (Å²) in [6, 6.07) is 11.1. The predicted octanol–water partition coefficient (Wildman–Crippen LogP) is 2.97. The van der Waals surface area contributed by atoms with Gasteiger partial charge in [0.1, 0.15) is 5.54 Å². The third-order valence-electron chi connectivity index (χ3n) is 4.13. The van der Waals surface area contributed by atoms with Crippen LogP contribution < -0.4 is 10.2 Å². The lowest BCUT2D eigenvalue weighted by Gasteiger charge is -2.36. The SMILES string of the molecule is CCNC(C)(C#N)CCN1CC(C)Cc2ccccc21. The molecule has 2 unspecified atom stereocenters. The van der Waals surface area contributed by atoms with Crippen molar-refractivity contribution in [1.82, 2.24) is 5.32 Å². The van der Waals surface area contributed by atoms with E-state index in [9.17, 15) is 5.26 Å². The van der Waals surface area contributed by atoms with Crippen LogP contribution >= 0.6 is 0 Å². The largest absolute Gasteiger partial charge is 0.371 e. The van der Waals surface area contributed by atoms with Gasteiger partial charge in [-0.25, -0.2) is 0 Å². The van der Waals surface area contributed by atoms with Gasteiger partial charge in [-0.1, -0.05) is 32.0 Å². The summed E-state index contributed by atoms with van der Waals surface area (Å²) in [5.41, 5.74) is 2.36. The number of nitrogens with one attached hydrogen (secondary N) is 1. The van der Waals surface area contributed by atoms with Crippen LogP contribution in [0.1, 0.15) is 32.8 Å². The highest BCUT2D eigenvalue weighted by Gasteiger charge is 2.26. The van der Waals surface area contributed by atoms with Gasteiger partial charge in [-0.05, 0) is 43.9 Å². The highest BCUT2D eigenvalue weighted by Crippen LogP contribution is 2.30. The second-order valence-electron chi connectivity index (χ2n) is 6.11. The molecule has 20 heavy (non-hydrogen) atoms. The van der Waals surface area contributed by atoms with Crippen LogP contribution in [0.15, 0.2) is 24.3 Å². The van der Waals surface area contributed by atoms with Gasteiger partial charge >= 0.3 is 0 Å². The number of nitrogens with zero attached hydrogens (tertiary/aromatic N) is 2. The molecule has 3 nitrogen and oxygen atoms in total. The predicted molar refractivity (Wildman–Crippen MR) is 83.8 cm³/mol. The van der Waals surface area contributed by atoms with E-state index in [4.69, 9.17) is 0 Å². The molecule has 0 saturated carbocycles. The van der Waals surface area contributed by atoms with Gasteiger partial charge in [-0.2, -0.15) is 5.26 Å². The lowest BCUT2D eigenvalue weighted by Crippen LogP contribution is -2.45. The van der Waals surface area contributed by atoms with Crippen molar-refractivity contribution >= 4 is 5.69 Å². The number of hydrogen-bond acceptors (Lipinski definition) is 3. The molecule has 0 spiro atoms. The number of benzene rings is 1. The minimum Gasteiger partial charge on any atom is -0.371 e. The van der Waals surface area contributed by atoms with Gasteiger partial charge in [0, 0.05) is 18.8 Å². The molecular formula is C17H25N3. The van der Waals surface area contributed by atoms with E-state index in [0.717, 1.165) is 32.5 Å². The summed E-state index contributed by atoms with van der Waals surface area (Å²) in [6.07, 6.45) is 2.01. The van der Waals surface area contributed by atoms with E-state index in [2.05, 4.69) is 47.5 Å². The zero-order valence-electron chi connectivity index (χ0n) is 12.8. The van der Waals surface area contributed by atoms with E-state index in [1.165, 1.54) is 11.3 Å². The molecule has 0 bridgehead atoms. The van der Waals surface area contributed by atoms with Crippen LogP contribution in [0, 0.1) is 17.2 Å². The van der Waals surface area contributed by atoms with Crippen molar-refractivity contribution in [3.63, 3.8) is 0 Å². The minimum absolute atomic E-state index is 0.426. The van der Waals surface area contributed by atoms with Crippen LogP contribution in [-0.2, 0) is 6.42 Å². The molecule has 3 heteroatoms. The molecule has 0 aromatic heterocycles. The molecule has 0 fully saturated rings. The standard InChI is InChI=1S/C17H25N3/c1-4-19-17(3,13-18)9-10-20-12-14(2)11-15-7-5-6-8-16(15)20/h5-8,14,19H,4,9-12H2,1-3H3. The van der Waals surface area contributed by atoms with Crippen molar-refractivity contribution in [2.45, 2.75) is 39.2 Å². The summed E-state index contributed by atoms with van der Waals surface area (Å²) < 4.78 is 0. The third kappa shape index (κ3) is 3.32. The number of para-hydroxylation sites is 1. The number of hydrogen-bond donors (Lipinski definition) is 1. The monoisotopic (exact) mass is 271 g/mol. The van der Waals surface area contributed by atoms with E-state index >= 15 is 0 Å². The zero-order chi connectivity index (χ0) is 14.6. The Labute approximate surface area is 122 Å². The van der Waals surface area contributed by atoms with E-state index in [1.807, 2.05) is 13.8 Å². The number of nitriles is 1. The normalized spacial score (nSPS) is 20.9. The molecule has 0 amide bonds. The molecule has 2 atom stereocenters. The Morgan fingerprint density at radius 2 is 2.20 bits per heavy atom. The Balaban J connectivity index is 2.09. The number of rotatable bonds is 5. The fraction of sp³-hybridized carbons (Fsp3) is 0.588. The smallest absolute Gasteiger partial charge is 0.105 e. The Hall–Kier alpha value is -1.53. The molecule has 1 aliphatic heterocycles. The molecule has 1 aromatic carbocycles. The molecule has 1 aliphatic rings. The van der Waals surface area contributed by atoms with Gasteiger partial charge in [0.25, 0.3) is 0 Å². The van der Waals surface area contributed by atoms with Crippen LogP contribution in [0.4, 0.5) is 5.69 Å². The second kappa shape index (κ2) is 6.28. The second-order valence-corrected chi connectivity index (χ2v) is 6.11. The molecule has 1 N–H and O–H groups in total. The maximum atomic E-state index is 9.36. The van der Waals surface area contributed by atoms with Crippen molar-refractivity contribution in [2.75, 3.05) is 24.5 Å². The first-order valence-corrected chi connectivity index (χ1v) is 7.57. The minimum atomic E-state index is -0.426. The third-order valence-corrected chi connectivity index (χ3v) is 4.13. The van der Waals surface area contributed by atoms with Gasteiger partial charge < -0.3 is 4.90 Å². The molecule has 108 valence electrons. The Morgan fingerprint density at radius 3 is 2.90 bits per heavy atom. The highest BCUT2D eigenvalue weighted by atomic mass is 15.1. The number of fused-ring (bicyclic) bond motifs is 1. The first-order valence-electron chi connectivity index (χ1n) is 7.57. The maximum absolute atomic E-state index is 9.36. The lowest BCUT2D eigenvalue weighted by atomic mass is 9.92. The quantitative estimate of drug-likeness (QED) is 0.895. The number of anilines is 1. The Morgan fingerprint density at radius 1 is 1.45 bits per heavy atom. The van der Waals surface area contributed by atoms with Crippen molar-refractivity contribution in [1.29, 1.82) is 5.26 Å². The Bertz CT molecular complexity index is 491. The Kier molecular flexibility index (Phi) is 4.67. The van der Waals surface area contributed by atoms with Crippen LogP contribution in [0.5, 0.6) is 0 Å². The molecule has 0 radical (unpaired) electrons. The first kappa shape index (κ1) is 14.9. The van der Waals surface area contributed by atoms with Gasteiger partial charge in [-0.3, -0.25) is 5.32 Å². The summed E-state index contributed by atoms with van der Waals surface area (Å²) in [6.45, 7) is 9.19. The van der Waals surface area contributed by atoms with Crippen molar-refractivity contribution in [3.05, 3.63) is 29.8 Å². The fourth-order valence-corrected chi connectivity index (χ4v) is 3.05. The molecule has 2 rings (SSSR count). The van der Waals surface area contributed by atoms with Crippen LogP contribution in [-0.4, -0.2) is 25.2 Å². The fourth-order valence-electron chi connectivity index (χ4n) is 3.05. The van der Waals surface area contributed by atoms with Gasteiger partial charge in [0.15, 0.2) is 0 Å². The van der Waals surface area contributed by atoms with E-state index in [-0.39, 0.29) is 0 Å². The molecule has 1 aromatic rings. The van der Waals surface area contributed by atoms with E-state index < -0.39 is 5.54 Å². The topological polar surface area (TPSA) is 39.1 Å². The molecule has 0 aliphatic carbocycles. The highest BCUT2D eigenvalue weighted by molar-refractivity contribution is 5.55. The molecule has 1 heterocycles. The van der Waals surface area contributed by atoms with Crippen LogP contribution in [0.25, 0.3) is 0 Å². The van der Waals surface area contributed by atoms with Gasteiger partial charge in [-0.15, -0.1) is 0 Å². The molecule has 0 saturated heterocycles. The van der Waals surface area contributed by atoms with Crippen molar-refractivity contribution in [2.24, 2.45) is 5.92 Å². The summed E-state index contributed by atoms with van der Waals surface area (Å²) in [7, 11) is 0. The lowest BCUT2D eigenvalue weighted by molar-refractivity contribution is 0.418. The van der Waals surface area contributed by atoms with E-state index in [1.54, 1.807) is 0 Å². The summed E-state index contributed by atoms with van der Waals surface area (Å²) in [4.78, 5) is 2.44.